The Morgan fingerprint density at radius 1 is 1.25 bits per heavy atom. The topological polar surface area (TPSA) is 60.8 Å². The van der Waals surface area contributed by atoms with Crippen LogP contribution >= 0.6 is 0 Å². The maximum atomic E-state index is 10.6. The number of rotatable bonds is 0. The summed E-state index contributed by atoms with van der Waals surface area (Å²) in [5, 5.41) is 18.0. The minimum Gasteiger partial charge on any atom is -0.465 e. The van der Waals surface area contributed by atoms with E-state index in [1.54, 1.807) is 0 Å². The number of fused-ring (bicyclic) bond motifs is 1. The Bertz CT molecular complexity index is 192. The fourth-order valence-corrected chi connectivity index (χ4v) is 2.42. The average Bonchev–Trinajstić information content (AvgIpc) is 2.42. The van der Waals surface area contributed by atoms with E-state index in [0.29, 0.717) is 24.9 Å². The summed E-state index contributed by atoms with van der Waals surface area (Å²) in [6, 6.07) is 0. The van der Waals surface area contributed by atoms with E-state index >= 15 is 0 Å². The molecule has 4 heteroatoms. The minimum absolute atomic E-state index is 0.184. The van der Waals surface area contributed by atoms with Crippen LogP contribution in [0.3, 0.4) is 0 Å². The van der Waals surface area contributed by atoms with Gasteiger partial charge in [-0.15, -0.1) is 0 Å². The van der Waals surface area contributed by atoms with Gasteiger partial charge in [0.25, 0.3) is 0 Å². The van der Waals surface area contributed by atoms with E-state index in [2.05, 4.69) is 0 Å². The van der Waals surface area contributed by atoms with Gasteiger partial charge in [0.2, 0.25) is 0 Å². The highest BCUT2D eigenvalue weighted by molar-refractivity contribution is 5.65. The van der Waals surface area contributed by atoms with Crippen LogP contribution in [0.25, 0.3) is 0 Å². The summed E-state index contributed by atoms with van der Waals surface area (Å²) in [5.74, 6) is 0.826. The third kappa shape index (κ3) is 1.16. The molecule has 0 aromatic carbocycles. The Morgan fingerprint density at radius 3 is 2.17 bits per heavy atom. The first kappa shape index (κ1) is 7.86. The van der Waals surface area contributed by atoms with E-state index in [4.69, 9.17) is 5.11 Å². The molecule has 1 saturated carbocycles. The lowest BCUT2D eigenvalue weighted by Gasteiger charge is -2.13. The number of aliphatic hydroxyl groups excluding tert-OH is 1. The molecule has 2 rings (SSSR count). The lowest BCUT2D eigenvalue weighted by atomic mass is 10.0. The summed E-state index contributed by atoms with van der Waals surface area (Å²) in [6.07, 6.45) is 0.568. The molecule has 0 aromatic rings. The van der Waals surface area contributed by atoms with Crippen molar-refractivity contribution in [2.75, 3.05) is 13.1 Å². The van der Waals surface area contributed by atoms with Gasteiger partial charge in [0.05, 0.1) is 6.10 Å². The van der Waals surface area contributed by atoms with Gasteiger partial charge in [-0.1, -0.05) is 0 Å². The molecule has 1 unspecified atom stereocenters. The Morgan fingerprint density at radius 2 is 1.75 bits per heavy atom. The SMILES string of the molecule is O=C(O)N1C[C@H]2CC(O)C[C@H]2C1. The first-order valence-corrected chi connectivity index (χ1v) is 4.32. The van der Waals surface area contributed by atoms with Crippen molar-refractivity contribution in [3.05, 3.63) is 0 Å². The van der Waals surface area contributed by atoms with Crippen molar-refractivity contribution in [3.63, 3.8) is 0 Å². The molecule has 4 nitrogen and oxygen atoms in total. The Kier molecular flexibility index (Phi) is 1.72. The van der Waals surface area contributed by atoms with Crippen LogP contribution in [0.4, 0.5) is 4.79 Å². The first-order valence-electron chi connectivity index (χ1n) is 4.32. The van der Waals surface area contributed by atoms with Gasteiger partial charge >= 0.3 is 6.09 Å². The smallest absolute Gasteiger partial charge is 0.407 e. The average molecular weight is 171 g/mol. The summed E-state index contributed by atoms with van der Waals surface area (Å²) >= 11 is 0. The third-order valence-electron chi connectivity index (χ3n) is 3.00. The summed E-state index contributed by atoms with van der Waals surface area (Å²) in [6.45, 7) is 1.24. The van der Waals surface area contributed by atoms with Crippen molar-refractivity contribution in [2.24, 2.45) is 11.8 Å². The van der Waals surface area contributed by atoms with Gasteiger partial charge in [-0.3, -0.25) is 0 Å². The Labute approximate surface area is 70.8 Å². The maximum Gasteiger partial charge on any atom is 0.407 e. The molecule has 68 valence electrons. The number of carboxylic acid groups (broad SMARTS) is 1. The van der Waals surface area contributed by atoms with Gasteiger partial charge in [0.15, 0.2) is 0 Å². The molecule has 0 radical (unpaired) electrons. The molecule has 2 aliphatic rings. The molecule has 2 N–H and O–H groups in total. The molecular formula is C8H13NO3. The molecule has 1 heterocycles. The Balaban J connectivity index is 1.98. The molecule has 3 atom stereocenters. The van der Waals surface area contributed by atoms with Gasteiger partial charge in [-0.05, 0) is 24.7 Å². The zero-order valence-corrected chi connectivity index (χ0v) is 6.81. The monoisotopic (exact) mass is 171 g/mol. The van der Waals surface area contributed by atoms with Gasteiger partial charge in [-0.2, -0.15) is 0 Å². The Hall–Kier alpha value is -0.770. The summed E-state index contributed by atoms with van der Waals surface area (Å²) < 4.78 is 0. The summed E-state index contributed by atoms with van der Waals surface area (Å²) in [5.41, 5.74) is 0. The van der Waals surface area contributed by atoms with Gasteiger partial charge < -0.3 is 15.1 Å². The van der Waals surface area contributed by atoms with Gasteiger partial charge in [-0.25, -0.2) is 4.79 Å². The molecule has 2 fully saturated rings. The zero-order chi connectivity index (χ0) is 8.72. The second-order valence-electron chi connectivity index (χ2n) is 3.83. The zero-order valence-electron chi connectivity index (χ0n) is 6.81. The van der Waals surface area contributed by atoms with Crippen LogP contribution in [0.2, 0.25) is 0 Å². The van der Waals surface area contributed by atoms with Crippen molar-refractivity contribution >= 4 is 6.09 Å². The largest absolute Gasteiger partial charge is 0.465 e. The molecule has 12 heavy (non-hydrogen) atoms. The van der Waals surface area contributed by atoms with Crippen LogP contribution in [0, 0.1) is 11.8 Å². The number of nitrogens with zero attached hydrogens (tertiary/aromatic N) is 1. The van der Waals surface area contributed by atoms with Gasteiger partial charge in [0.1, 0.15) is 0 Å². The van der Waals surface area contributed by atoms with Crippen molar-refractivity contribution in [3.8, 4) is 0 Å². The van der Waals surface area contributed by atoms with E-state index in [1.807, 2.05) is 0 Å². The standard InChI is InChI=1S/C8H13NO3/c10-7-1-5-3-9(8(11)12)4-6(5)2-7/h5-7,10H,1-4H2,(H,11,12)/t5-,6+,7?. The van der Waals surface area contributed by atoms with Crippen LogP contribution in [0.15, 0.2) is 0 Å². The molecular weight excluding hydrogens is 158 g/mol. The highest BCUT2D eigenvalue weighted by Gasteiger charge is 2.41. The fourth-order valence-electron chi connectivity index (χ4n) is 2.42. The number of amides is 1. The maximum absolute atomic E-state index is 10.6. The highest BCUT2D eigenvalue weighted by Crippen LogP contribution is 2.37. The second-order valence-corrected chi connectivity index (χ2v) is 3.83. The van der Waals surface area contributed by atoms with Crippen LogP contribution in [0.5, 0.6) is 0 Å². The number of aliphatic hydroxyl groups is 1. The van der Waals surface area contributed by atoms with Crippen LogP contribution in [-0.4, -0.2) is 40.4 Å². The normalized spacial score (nSPS) is 40.1. The van der Waals surface area contributed by atoms with Crippen molar-refractivity contribution in [1.82, 2.24) is 4.90 Å². The lowest BCUT2D eigenvalue weighted by Crippen LogP contribution is -2.28. The third-order valence-corrected chi connectivity index (χ3v) is 3.00. The molecule has 1 saturated heterocycles. The minimum atomic E-state index is -0.820. The van der Waals surface area contributed by atoms with Crippen LogP contribution in [0.1, 0.15) is 12.8 Å². The predicted octanol–water partition coefficient (Wildman–Crippen LogP) is 0.367. The number of likely N-dealkylation sites (tertiary alicyclic amines) is 1. The van der Waals surface area contributed by atoms with Crippen LogP contribution in [-0.2, 0) is 0 Å². The second kappa shape index (κ2) is 2.62. The number of carbonyl (C=O) groups is 1. The van der Waals surface area contributed by atoms with E-state index in [9.17, 15) is 9.90 Å². The van der Waals surface area contributed by atoms with Crippen LogP contribution < -0.4 is 0 Å². The fraction of sp³-hybridized carbons (Fsp3) is 0.875. The van der Waals surface area contributed by atoms with Crippen molar-refractivity contribution in [2.45, 2.75) is 18.9 Å². The first-order chi connectivity index (χ1) is 5.66. The number of hydrogen-bond acceptors (Lipinski definition) is 2. The highest BCUT2D eigenvalue weighted by atomic mass is 16.4. The van der Waals surface area contributed by atoms with E-state index in [1.165, 1.54) is 4.90 Å². The predicted molar refractivity (Wildman–Crippen MR) is 41.8 cm³/mol. The number of hydrogen-bond donors (Lipinski definition) is 2. The van der Waals surface area contributed by atoms with E-state index in [0.717, 1.165) is 12.8 Å². The molecule has 0 bridgehead atoms. The van der Waals surface area contributed by atoms with E-state index in [-0.39, 0.29) is 6.10 Å². The van der Waals surface area contributed by atoms with Crippen molar-refractivity contribution < 1.29 is 15.0 Å². The molecule has 1 amide bonds. The molecule has 0 aromatic heterocycles. The van der Waals surface area contributed by atoms with Gasteiger partial charge in [0, 0.05) is 13.1 Å². The lowest BCUT2D eigenvalue weighted by molar-refractivity contribution is 0.138. The molecule has 1 aliphatic heterocycles. The van der Waals surface area contributed by atoms with Crippen molar-refractivity contribution in [1.29, 1.82) is 0 Å². The molecule has 1 aliphatic carbocycles. The summed E-state index contributed by atoms with van der Waals surface area (Å²) in [4.78, 5) is 12.0. The quantitative estimate of drug-likeness (QED) is 0.553. The molecule has 0 spiro atoms. The van der Waals surface area contributed by atoms with E-state index < -0.39 is 6.09 Å². The summed E-state index contributed by atoms with van der Waals surface area (Å²) in [7, 11) is 0.